The van der Waals surface area contributed by atoms with Gasteiger partial charge in [0.05, 0.1) is 0 Å². The molecule has 20 heavy (non-hydrogen) atoms. The molecule has 0 amide bonds. The van der Waals surface area contributed by atoms with Crippen molar-refractivity contribution >= 4 is 23.4 Å². The van der Waals surface area contributed by atoms with E-state index in [1.807, 2.05) is 19.2 Å². The number of hydrogen-bond acceptors (Lipinski definition) is 3. The molecule has 1 N–H and O–H groups in total. The second-order valence-electron chi connectivity index (χ2n) is 5.70. The zero-order valence-corrected chi connectivity index (χ0v) is 14.2. The van der Waals surface area contributed by atoms with Crippen LogP contribution >= 0.6 is 23.4 Å². The molecule has 1 heterocycles. The van der Waals surface area contributed by atoms with Crippen LogP contribution in [0.1, 0.15) is 31.9 Å². The summed E-state index contributed by atoms with van der Waals surface area (Å²) in [5.74, 6) is 0. The highest BCUT2D eigenvalue weighted by Gasteiger charge is 2.22. The lowest BCUT2D eigenvalue weighted by atomic mass is 10.0. The molecule has 0 radical (unpaired) electrons. The Balaban J connectivity index is 1.89. The van der Waals surface area contributed by atoms with E-state index in [1.54, 1.807) is 0 Å². The molecule has 1 aromatic rings. The van der Waals surface area contributed by atoms with Gasteiger partial charge in [-0.15, -0.1) is 0 Å². The maximum Gasteiger partial charge on any atom is 0.0406 e. The molecule has 0 aromatic heterocycles. The minimum Gasteiger partial charge on any atom is -0.313 e. The predicted octanol–water partition coefficient (Wildman–Crippen LogP) is 3.82. The molecular formula is C16H25ClN2S. The van der Waals surface area contributed by atoms with Gasteiger partial charge in [0.25, 0.3) is 0 Å². The van der Waals surface area contributed by atoms with Crippen LogP contribution < -0.4 is 5.32 Å². The van der Waals surface area contributed by atoms with Gasteiger partial charge in [0, 0.05) is 41.2 Å². The summed E-state index contributed by atoms with van der Waals surface area (Å²) in [6.07, 6.45) is 1.14. The van der Waals surface area contributed by atoms with Gasteiger partial charge in [-0.25, -0.2) is 0 Å². The highest BCUT2D eigenvalue weighted by molar-refractivity contribution is 8.00. The molecule has 3 unspecified atom stereocenters. The van der Waals surface area contributed by atoms with Crippen LogP contribution in [0.5, 0.6) is 0 Å². The first-order chi connectivity index (χ1) is 9.58. The number of thioether (sulfide) groups is 1. The standard InChI is InChI=1S/C16H25ClN2S/c1-12-10-19(11-13(2)20-12)9-8-16(18-3)14-4-6-15(17)7-5-14/h4-7,12-13,16,18H,8-11H2,1-3H3. The fraction of sp³-hybridized carbons (Fsp3) is 0.625. The van der Waals surface area contributed by atoms with E-state index in [-0.39, 0.29) is 0 Å². The average molecular weight is 313 g/mol. The first-order valence-corrected chi connectivity index (χ1v) is 8.71. The largest absolute Gasteiger partial charge is 0.313 e. The van der Waals surface area contributed by atoms with Gasteiger partial charge in [-0.3, -0.25) is 0 Å². The fourth-order valence-electron chi connectivity index (χ4n) is 2.95. The third-order valence-electron chi connectivity index (χ3n) is 3.85. The molecule has 1 fully saturated rings. The lowest BCUT2D eigenvalue weighted by Crippen LogP contribution is -2.41. The maximum absolute atomic E-state index is 5.96. The van der Waals surface area contributed by atoms with E-state index in [1.165, 1.54) is 18.7 Å². The number of hydrogen-bond donors (Lipinski definition) is 1. The van der Waals surface area contributed by atoms with E-state index >= 15 is 0 Å². The van der Waals surface area contributed by atoms with Crippen LogP contribution in [0.15, 0.2) is 24.3 Å². The van der Waals surface area contributed by atoms with Gasteiger partial charge in [0.2, 0.25) is 0 Å². The molecule has 1 aliphatic heterocycles. The molecule has 0 saturated carbocycles. The van der Waals surface area contributed by atoms with Gasteiger partial charge < -0.3 is 10.2 Å². The smallest absolute Gasteiger partial charge is 0.0406 e. The van der Waals surface area contributed by atoms with Crippen LogP contribution in [0.4, 0.5) is 0 Å². The molecule has 2 rings (SSSR count). The summed E-state index contributed by atoms with van der Waals surface area (Å²) in [7, 11) is 2.04. The van der Waals surface area contributed by atoms with Crippen molar-refractivity contribution in [3.05, 3.63) is 34.9 Å². The van der Waals surface area contributed by atoms with Crippen molar-refractivity contribution in [3.8, 4) is 0 Å². The van der Waals surface area contributed by atoms with Crippen LogP contribution in [0.3, 0.4) is 0 Å². The van der Waals surface area contributed by atoms with Crippen molar-refractivity contribution in [2.75, 3.05) is 26.7 Å². The van der Waals surface area contributed by atoms with Gasteiger partial charge in [-0.05, 0) is 31.2 Å². The Morgan fingerprint density at radius 3 is 2.40 bits per heavy atom. The van der Waals surface area contributed by atoms with Gasteiger partial charge >= 0.3 is 0 Å². The first kappa shape index (κ1) is 16.2. The number of nitrogens with zero attached hydrogens (tertiary/aromatic N) is 1. The van der Waals surface area contributed by atoms with Crippen molar-refractivity contribution in [3.63, 3.8) is 0 Å². The normalized spacial score (nSPS) is 25.6. The molecule has 1 aliphatic rings. The summed E-state index contributed by atoms with van der Waals surface area (Å²) in [6, 6.07) is 8.61. The third kappa shape index (κ3) is 4.66. The van der Waals surface area contributed by atoms with Gasteiger partial charge in [0.1, 0.15) is 0 Å². The molecule has 0 spiro atoms. The molecule has 4 heteroatoms. The lowest BCUT2D eigenvalue weighted by molar-refractivity contribution is 0.256. The van der Waals surface area contributed by atoms with Crippen LogP contribution in [0.25, 0.3) is 0 Å². The minimum absolute atomic E-state index is 0.410. The Hall–Kier alpha value is -0.220. The van der Waals surface area contributed by atoms with E-state index in [9.17, 15) is 0 Å². The lowest BCUT2D eigenvalue weighted by Gasteiger charge is -2.35. The Labute approximate surface area is 132 Å². The number of halogens is 1. The van der Waals surface area contributed by atoms with Crippen molar-refractivity contribution in [1.82, 2.24) is 10.2 Å². The predicted molar refractivity (Wildman–Crippen MR) is 90.8 cm³/mol. The minimum atomic E-state index is 0.410. The SMILES string of the molecule is CNC(CCN1CC(C)SC(C)C1)c1ccc(Cl)cc1. The molecule has 1 saturated heterocycles. The Morgan fingerprint density at radius 2 is 1.85 bits per heavy atom. The van der Waals surface area contributed by atoms with Gasteiger partial charge in [-0.2, -0.15) is 11.8 Å². The van der Waals surface area contributed by atoms with Crippen molar-refractivity contribution in [2.24, 2.45) is 0 Å². The third-order valence-corrected chi connectivity index (χ3v) is 5.33. The monoisotopic (exact) mass is 312 g/mol. The molecule has 2 nitrogen and oxygen atoms in total. The van der Waals surface area contributed by atoms with Crippen LogP contribution in [0, 0.1) is 0 Å². The summed E-state index contributed by atoms with van der Waals surface area (Å²) in [5, 5.41) is 5.73. The summed E-state index contributed by atoms with van der Waals surface area (Å²) >= 11 is 8.07. The molecule has 112 valence electrons. The Morgan fingerprint density at radius 1 is 1.25 bits per heavy atom. The summed E-state index contributed by atoms with van der Waals surface area (Å²) in [6.45, 7) is 8.26. The van der Waals surface area contributed by atoms with Gasteiger partial charge in [0.15, 0.2) is 0 Å². The van der Waals surface area contributed by atoms with Crippen molar-refractivity contribution < 1.29 is 0 Å². The highest BCUT2D eigenvalue weighted by atomic mass is 35.5. The van der Waals surface area contributed by atoms with Crippen LogP contribution in [-0.4, -0.2) is 42.1 Å². The average Bonchev–Trinajstić information content (AvgIpc) is 2.40. The second kappa shape index (κ2) is 7.69. The first-order valence-electron chi connectivity index (χ1n) is 7.39. The highest BCUT2D eigenvalue weighted by Crippen LogP contribution is 2.26. The molecule has 0 bridgehead atoms. The molecule has 0 aliphatic carbocycles. The fourth-order valence-corrected chi connectivity index (χ4v) is 4.46. The quantitative estimate of drug-likeness (QED) is 0.890. The van der Waals surface area contributed by atoms with Crippen LogP contribution in [0.2, 0.25) is 5.02 Å². The molecule has 1 aromatic carbocycles. The summed E-state index contributed by atoms with van der Waals surface area (Å²) in [5.41, 5.74) is 1.32. The van der Waals surface area contributed by atoms with Crippen molar-refractivity contribution in [1.29, 1.82) is 0 Å². The summed E-state index contributed by atoms with van der Waals surface area (Å²) < 4.78 is 0. The zero-order valence-electron chi connectivity index (χ0n) is 12.6. The number of benzene rings is 1. The molecule has 3 atom stereocenters. The molecular weight excluding hydrogens is 288 g/mol. The van der Waals surface area contributed by atoms with E-state index in [4.69, 9.17) is 11.6 Å². The topological polar surface area (TPSA) is 15.3 Å². The second-order valence-corrected chi connectivity index (χ2v) is 8.02. The Bertz CT molecular complexity index is 399. The van der Waals surface area contributed by atoms with Gasteiger partial charge in [-0.1, -0.05) is 37.6 Å². The van der Waals surface area contributed by atoms with Crippen molar-refractivity contribution in [2.45, 2.75) is 36.8 Å². The van der Waals surface area contributed by atoms with E-state index in [0.29, 0.717) is 6.04 Å². The summed E-state index contributed by atoms with van der Waals surface area (Å²) in [4.78, 5) is 2.60. The Kier molecular flexibility index (Phi) is 6.21. The van der Waals surface area contributed by atoms with E-state index in [2.05, 4.69) is 48.0 Å². The number of rotatable bonds is 5. The number of nitrogens with one attached hydrogen (secondary N) is 1. The van der Waals surface area contributed by atoms with E-state index in [0.717, 1.165) is 28.5 Å². The van der Waals surface area contributed by atoms with E-state index < -0.39 is 0 Å². The zero-order chi connectivity index (χ0) is 14.5. The van der Waals surface area contributed by atoms with Crippen LogP contribution in [-0.2, 0) is 0 Å². The maximum atomic E-state index is 5.96.